The number of aryl methyl sites for hydroxylation is 1. The van der Waals surface area contributed by atoms with Gasteiger partial charge >= 0.3 is 0 Å². The lowest BCUT2D eigenvalue weighted by Crippen LogP contribution is -2.22. The maximum Gasteiger partial charge on any atom is 0.295 e. The molecule has 4 rings (SSSR count). The number of nitrogens with zero attached hydrogens (tertiary/aromatic N) is 4. The summed E-state index contributed by atoms with van der Waals surface area (Å²) in [5.74, 6) is 0.572. The summed E-state index contributed by atoms with van der Waals surface area (Å²) in [5.41, 5.74) is 2.52. The van der Waals surface area contributed by atoms with E-state index < -0.39 is 0 Å². The summed E-state index contributed by atoms with van der Waals surface area (Å²) in [7, 11) is 1.56. The van der Waals surface area contributed by atoms with Crippen LogP contribution in [0.2, 0.25) is 0 Å². The second-order valence-electron chi connectivity index (χ2n) is 7.89. The molecule has 174 valence electrons. The van der Waals surface area contributed by atoms with Gasteiger partial charge in [0.1, 0.15) is 10.4 Å². The first-order valence-electron chi connectivity index (χ1n) is 10.5. The highest BCUT2D eigenvalue weighted by Crippen LogP contribution is 2.34. The van der Waals surface area contributed by atoms with Crippen LogP contribution in [-0.2, 0) is 0 Å². The standard InChI is InChI=1S/C22H24BrN5O4S/c1-12-7-15(16-8-19(23)25-10-18(16)31-2)17(9-24-12)20(30)26-21-27-28-22(33-21)32-11-13-3-5-14(29)6-4-13/h7-10,13-14,29H,3-6,11H2,1-2H3,(H,26,27,30). The Bertz CT molecular complexity index is 1130. The Balaban J connectivity index is 1.48. The van der Waals surface area contributed by atoms with Crippen LogP contribution in [0.5, 0.6) is 10.9 Å². The number of hydrogen-bond donors (Lipinski definition) is 2. The minimum absolute atomic E-state index is 0.195. The van der Waals surface area contributed by atoms with Crippen LogP contribution in [0.15, 0.2) is 29.1 Å². The zero-order valence-corrected chi connectivity index (χ0v) is 20.6. The first kappa shape index (κ1) is 23.5. The van der Waals surface area contributed by atoms with Crippen LogP contribution < -0.4 is 14.8 Å². The van der Waals surface area contributed by atoms with Crippen molar-refractivity contribution >= 4 is 38.3 Å². The van der Waals surface area contributed by atoms with E-state index in [-0.39, 0.29) is 12.0 Å². The van der Waals surface area contributed by atoms with E-state index in [2.05, 4.69) is 41.4 Å². The molecule has 2 N–H and O–H groups in total. The molecule has 3 aromatic heterocycles. The second-order valence-corrected chi connectivity index (χ2v) is 9.64. The van der Waals surface area contributed by atoms with E-state index in [0.29, 0.717) is 49.9 Å². The molecule has 1 aliphatic rings. The summed E-state index contributed by atoms with van der Waals surface area (Å²) >= 11 is 4.55. The van der Waals surface area contributed by atoms with Crippen LogP contribution >= 0.6 is 27.3 Å². The van der Waals surface area contributed by atoms with Gasteiger partial charge in [0.15, 0.2) is 0 Å². The van der Waals surface area contributed by atoms with E-state index in [1.807, 2.05) is 13.0 Å². The fourth-order valence-electron chi connectivity index (χ4n) is 3.74. The Kier molecular flexibility index (Phi) is 7.51. The molecule has 3 aromatic rings. The minimum atomic E-state index is -0.364. The van der Waals surface area contributed by atoms with Crippen molar-refractivity contribution in [3.8, 4) is 22.1 Å². The van der Waals surface area contributed by atoms with Gasteiger partial charge in [0.05, 0.1) is 31.6 Å². The summed E-state index contributed by atoms with van der Waals surface area (Å²) in [4.78, 5) is 21.6. The van der Waals surface area contributed by atoms with Crippen molar-refractivity contribution in [2.75, 3.05) is 19.0 Å². The molecule has 0 unspecified atom stereocenters. The number of rotatable bonds is 7. The number of carbonyl (C=O) groups excluding carboxylic acids is 1. The third kappa shape index (κ3) is 5.84. The van der Waals surface area contributed by atoms with Gasteiger partial charge in [0.25, 0.3) is 11.1 Å². The largest absolute Gasteiger partial charge is 0.494 e. The van der Waals surface area contributed by atoms with Crippen LogP contribution in [0.4, 0.5) is 5.13 Å². The summed E-state index contributed by atoms with van der Waals surface area (Å²) < 4.78 is 11.8. The van der Waals surface area contributed by atoms with E-state index in [9.17, 15) is 9.90 Å². The number of amides is 1. The Morgan fingerprint density at radius 3 is 2.73 bits per heavy atom. The highest BCUT2D eigenvalue weighted by atomic mass is 79.9. The Hall–Kier alpha value is -2.63. The first-order chi connectivity index (χ1) is 15.9. The fourth-order valence-corrected chi connectivity index (χ4v) is 4.67. The molecule has 0 saturated heterocycles. The number of methoxy groups -OCH3 is 1. The molecule has 0 spiro atoms. The predicted molar refractivity (Wildman–Crippen MR) is 128 cm³/mol. The van der Waals surface area contributed by atoms with Gasteiger partial charge in [-0.05, 0) is 77.9 Å². The first-order valence-corrected chi connectivity index (χ1v) is 12.2. The van der Waals surface area contributed by atoms with Gasteiger partial charge in [-0.25, -0.2) is 4.98 Å². The van der Waals surface area contributed by atoms with Gasteiger partial charge in [0.2, 0.25) is 5.13 Å². The highest BCUT2D eigenvalue weighted by Gasteiger charge is 2.22. The van der Waals surface area contributed by atoms with Gasteiger partial charge in [-0.15, -0.1) is 5.10 Å². The van der Waals surface area contributed by atoms with E-state index >= 15 is 0 Å². The van der Waals surface area contributed by atoms with Gasteiger partial charge in [-0.2, -0.15) is 0 Å². The number of anilines is 1. The molecule has 11 heteroatoms. The SMILES string of the molecule is COc1cnc(Br)cc1-c1cc(C)ncc1C(=O)Nc1nnc(OCC2CCC(O)CC2)s1. The molecular weight excluding hydrogens is 510 g/mol. The number of hydrogen-bond acceptors (Lipinski definition) is 9. The molecule has 0 bridgehead atoms. The summed E-state index contributed by atoms with van der Waals surface area (Å²) in [6.45, 7) is 2.38. The minimum Gasteiger partial charge on any atom is -0.494 e. The van der Waals surface area contributed by atoms with Crippen LogP contribution in [0, 0.1) is 12.8 Å². The zero-order valence-electron chi connectivity index (χ0n) is 18.2. The maximum absolute atomic E-state index is 13.1. The number of carbonyl (C=O) groups is 1. The molecule has 33 heavy (non-hydrogen) atoms. The molecule has 1 amide bonds. The summed E-state index contributed by atoms with van der Waals surface area (Å²) in [5, 5.41) is 21.2. The molecule has 3 heterocycles. The van der Waals surface area contributed by atoms with Crippen molar-refractivity contribution in [1.82, 2.24) is 20.2 Å². The molecule has 0 radical (unpaired) electrons. The number of pyridine rings is 2. The van der Waals surface area contributed by atoms with E-state index in [0.717, 1.165) is 31.4 Å². The van der Waals surface area contributed by atoms with Crippen molar-refractivity contribution < 1.29 is 19.4 Å². The van der Waals surface area contributed by atoms with Gasteiger partial charge in [0, 0.05) is 23.0 Å². The van der Waals surface area contributed by atoms with Crippen molar-refractivity contribution in [2.24, 2.45) is 5.92 Å². The van der Waals surface area contributed by atoms with Crippen LogP contribution in [0.1, 0.15) is 41.7 Å². The average Bonchev–Trinajstić information content (AvgIpc) is 3.25. The summed E-state index contributed by atoms with van der Waals surface area (Å²) in [6.07, 6.45) is 6.40. The van der Waals surface area contributed by atoms with E-state index in [4.69, 9.17) is 9.47 Å². The molecule has 9 nitrogen and oxygen atoms in total. The number of halogens is 1. The average molecular weight is 534 g/mol. The Morgan fingerprint density at radius 1 is 1.18 bits per heavy atom. The second kappa shape index (κ2) is 10.5. The monoisotopic (exact) mass is 533 g/mol. The third-order valence-electron chi connectivity index (χ3n) is 5.52. The lowest BCUT2D eigenvalue weighted by molar-refractivity contribution is 0.0915. The van der Waals surface area contributed by atoms with Crippen LogP contribution in [0.3, 0.4) is 0 Å². The number of aliphatic hydroxyl groups excluding tert-OH is 1. The van der Waals surface area contributed by atoms with E-state index in [1.54, 1.807) is 19.4 Å². The number of ether oxygens (including phenoxy) is 2. The van der Waals surface area contributed by atoms with Crippen molar-refractivity contribution in [3.05, 3.63) is 40.4 Å². The van der Waals surface area contributed by atoms with Gasteiger partial charge < -0.3 is 14.6 Å². The lowest BCUT2D eigenvalue weighted by atomic mass is 9.88. The molecule has 0 atom stereocenters. The topological polar surface area (TPSA) is 119 Å². The number of aromatic nitrogens is 4. The van der Waals surface area contributed by atoms with Crippen LogP contribution in [-0.4, -0.2) is 51.0 Å². The fraction of sp³-hybridized carbons (Fsp3) is 0.409. The molecule has 0 aromatic carbocycles. The summed E-state index contributed by atoms with van der Waals surface area (Å²) in [6, 6.07) is 3.63. The van der Waals surface area contributed by atoms with Crippen molar-refractivity contribution in [1.29, 1.82) is 0 Å². The number of aliphatic hydroxyl groups is 1. The predicted octanol–water partition coefficient (Wildman–Crippen LogP) is 4.26. The number of nitrogens with one attached hydrogen (secondary N) is 1. The lowest BCUT2D eigenvalue weighted by Gasteiger charge is -2.24. The molecular formula is C22H24BrN5O4S. The quantitative estimate of drug-likeness (QED) is 0.432. The Morgan fingerprint density at radius 2 is 1.97 bits per heavy atom. The van der Waals surface area contributed by atoms with Crippen LogP contribution in [0.25, 0.3) is 11.1 Å². The third-order valence-corrected chi connectivity index (χ3v) is 6.70. The highest BCUT2D eigenvalue weighted by molar-refractivity contribution is 9.10. The molecule has 0 aliphatic heterocycles. The van der Waals surface area contributed by atoms with Gasteiger partial charge in [-0.1, -0.05) is 5.10 Å². The molecule has 1 aliphatic carbocycles. The maximum atomic E-state index is 13.1. The zero-order chi connectivity index (χ0) is 23.4. The molecule has 1 fully saturated rings. The smallest absolute Gasteiger partial charge is 0.295 e. The van der Waals surface area contributed by atoms with Crippen molar-refractivity contribution in [3.63, 3.8) is 0 Å². The van der Waals surface area contributed by atoms with Crippen molar-refractivity contribution in [2.45, 2.75) is 38.7 Å². The van der Waals surface area contributed by atoms with E-state index in [1.165, 1.54) is 17.5 Å². The Labute approximate surface area is 203 Å². The van der Waals surface area contributed by atoms with Gasteiger partial charge in [-0.3, -0.25) is 15.1 Å². The molecule has 1 saturated carbocycles. The normalized spacial score (nSPS) is 18.1.